The highest BCUT2D eigenvalue weighted by Gasteiger charge is 2.52. The smallest absolute Gasteiger partial charge is 0.316 e. The fourth-order valence-electron chi connectivity index (χ4n) is 3.18. The number of aliphatic carboxylic acids is 1. The van der Waals surface area contributed by atoms with Crippen molar-refractivity contribution >= 4 is 17.6 Å². The summed E-state index contributed by atoms with van der Waals surface area (Å²) >= 11 is 0. The van der Waals surface area contributed by atoms with E-state index in [-0.39, 0.29) is 25.6 Å². The van der Waals surface area contributed by atoms with Gasteiger partial charge in [0.15, 0.2) is 0 Å². The van der Waals surface area contributed by atoms with Gasteiger partial charge in [-0.1, -0.05) is 55.1 Å². The number of carboxylic acid groups (broad SMARTS) is 1. The fraction of sp³-hybridized carbons (Fsp3) is 0.208. The summed E-state index contributed by atoms with van der Waals surface area (Å²) in [6, 6.07) is 18.4. The Morgan fingerprint density at radius 1 is 1.10 bits per heavy atom. The molecule has 0 saturated carbocycles. The van der Waals surface area contributed by atoms with Crippen LogP contribution in [0.2, 0.25) is 0 Å². The second-order valence-corrected chi connectivity index (χ2v) is 7.23. The minimum atomic E-state index is -1.12. The second kappa shape index (κ2) is 9.22. The number of ether oxygens (including phenoxy) is 1. The molecule has 2 aromatic rings. The van der Waals surface area contributed by atoms with Crippen molar-refractivity contribution in [1.29, 1.82) is 0 Å². The van der Waals surface area contributed by atoms with Crippen LogP contribution in [0, 0.1) is 5.41 Å². The van der Waals surface area contributed by atoms with Crippen molar-refractivity contribution in [2.45, 2.75) is 6.92 Å². The summed E-state index contributed by atoms with van der Waals surface area (Å²) in [4.78, 5) is 30.2. The lowest BCUT2D eigenvalue weighted by Crippen LogP contribution is -2.64. The summed E-state index contributed by atoms with van der Waals surface area (Å²) in [6.07, 6.45) is 3.20. The number of carbonyl (C=O) groups is 2. The molecule has 0 unspecified atom stereocenters. The number of likely N-dealkylation sites (tertiary alicyclic amines) is 1. The zero-order chi connectivity index (χ0) is 21.6. The monoisotopic (exact) mass is 404 g/mol. The van der Waals surface area contributed by atoms with Gasteiger partial charge in [0.1, 0.15) is 17.8 Å². The molecule has 154 valence electrons. The first-order valence-corrected chi connectivity index (χ1v) is 9.58. The van der Waals surface area contributed by atoms with E-state index in [1.165, 1.54) is 4.90 Å². The Labute approximate surface area is 175 Å². The van der Waals surface area contributed by atoms with Crippen molar-refractivity contribution in [2.75, 3.05) is 19.7 Å². The molecule has 30 heavy (non-hydrogen) atoms. The standard InChI is InChI=1S/C24H24N2O4/c1-3-21(19-10-6-4-7-11-19)25-14-18(2)30-17-24(23(28)29)15-26(16-24)22(27)20-12-8-5-9-13-20/h3-14H,1,15-17H2,2H3,(H,28,29)/b18-14+,25-21?. The summed E-state index contributed by atoms with van der Waals surface area (Å²) in [5.41, 5.74) is 1.03. The number of allylic oxidation sites excluding steroid dienone is 2. The number of amides is 1. The van der Waals surface area contributed by atoms with Crippen molar-refractivity contribution in [3.8, 4) is 0 Å². The first-order chi connectivity index (χ1) is 14.4. The van der Waals surface area contributed by atoms with Crippen LogP contribution in [0.25, 0.3) is 0 Å². The first kappa shape index (κ1) is 21.0. The van der Waals surface area contributed by atoms with E-state index in [4.69, 9.17) is 4.74 Å². The zero-order valence-electron chi connectivity index (χ0n) is 16.8. The highest BCUT2D eigenvalue weighted by molar-refractivity contribution is 6.08. The lowest BCUT2D eigenvalue weighted by molar-refractivity contribution is -0.162. The number of benzene rings is 2. The molecule has 1 amide bonds. The third-order valence-corrected chi connectivity index (χ3v) is 4.97. The maximum Gasteiger partial charge on any atom is 0.316 e. The summed E-state index contributed by atoms with van der Waals surface area (Å²) in [6.45, 7) is 5.68. The number of hydrogen-bond donors (Lipinski definition) is 1. The third-order valence-electron chi connectivity index (χ3n) is 4.97. The predicted octanol–water partition coefficient (Wildman–Crippen LogP) is 3.77. The van der Waals surface area contributed by atoms with Crippen LogP contribution in [0.1, 0.15) is 22.8 Å². The molecule has 6 heteroatoms. The van der Waals surface area contributed by atoms with Gasteiger partial charge in [-0.15, -0.1) is 0 Å². The van der Waals surface area contributed by atoms with Gasteiger partial charge in [-0.25, -0.2) is 0 Å². The molecule has 1 N–H and O–H groups in total. The average molecular weight is 404 g/mol. The molecule has 0 aliphatic carbocycles. The molecule has 0 bridgehead atoms. The summed E-state index contributed by atoms with van der Waals surface area (Å²) in [7, 11) is 0. The van der Waals surface area contributed by atoms with E-state index >= 15 is 0 Å². The number of aliphatic imine (C=N–C) groups is 1. The van der Waals surface area contributed by atoms with Gasteiger partial charge in [0.05, 0.1) is 11.9 Å². The molecule has 0 spiro atoms. The van der Waals surface area contributed by atoms with Crippen molar-refractivity contribution in [3.63, 3.8) is 0 Å². The van der Waals surface area contributed by atoms with Gasteiger partial charge in [-0.2, -0.15) is 0 Å². The van der Waals surface area contributed by atoms with Crippen LogP contribution in [-0.2, 0) is 9.53 Å². The Morgan fingerprint density at radius 2 is 1.67 bits per heavy atom. The van der Waals surface area contributed by atoms with Crippen LogP contribution in [0.3, 0.4) is 0 Å². The van der Waals surface area contributed by atoms with Crippen LogP contribution in [0.15, 0.2) is 90.3 Å². The largest absolute Gasteiger partial charge is 0.495 e. The molecule has 1 fully saturated rings. The maximum absolute atomic E-state index is 12.5. The lowest BCUT2D eigenvalue weighted by Gasteiger charge is -2.46. The molecular weight excluding hydrogens is 380 g/mol. The molecule has 1 heterocycles. The van der Waals surface area contributed by atoms with Gasteiger partial charge in [-0.3, -0.25) is 14.6 Å². The second-order valence-electron chi connectivity index (χ2n) is 7.23. The highest BCUT2D eigenvalue weighted by atomic mass is 16.5. The average Bonchev–Trinajstić information content (AvgIpc) is 2.74. The molecule has 1 aliphatic rings. The normalized spacial score (nSPS) is 15.8. The summed E-state index contributed by atoms with van der Waals surface area (Å²) in [5, 5.41) is 9.69. The van der Waals surface area contributed by atoms with Gasteiger partial charge in [0.25, 0.3) is 5.91 Å². The van der Waals surface area contributed by atoms with E-state index in [1.54, 1.807) is 43.5 Å². The van der Waals surface area contributed by atoms with Crippen molar-refractivity contribution < 1.29 is 19.4 Å². The topological polar surface area (TPSA) is 79.2 Å². The van der Waals surface area contributed by atoms with Crippen molar-refractivity contribution in [2.24, 2.45) is 10.4 Å². The molecule has 6 nitrogen and oxygen atoms in total. The van der Waals surface area contributed by atoms with Gasteiger partial charge >= 0.3 is 5.97 Å². The highest BCUT2D eigenvalue weighted by Crippen LogP contribution is 2.33. The lowest BCUT2D eigenvalue weighted by atomic mass is 9.80. The van der Waals surface area contributed by atoms with E-state index in [9.17, 15) is 14.7 Å². The SMILES string of the molecule is C=CC(=N/C=C(\C)OCC1(C(=O)O)CN(C(=O)c2ccccc2)C1)c1ccccc1. The molecule has 0 radical (unpaired) electrons. The summed E-state index contributed by atoms with van der Waals surface area (Å²) in [5.74, 6) is -0.673. The predicted molar refractivity (Wildman–Crippen MR) is 115 cm³/mol. The minimum absolute atomic E-state index is 0.0342. The third kappa shape index (κ3) is 4.66. The number of rotatable bonds is 8. The van der Waals surface area contributed by atoms with Gasteiger partial charge in [-0.05, 0) is 25.1 Å². The van der Waals surface area contributed by atoms with E-state index in [0.29, 0.717) is 17.0 Å². The zero-order valence-corrected chi connectivity index (χ0v) is 16.8. The fourth-order valence-corrected chi connectivity index (χ4v) is 3.18. The quantitative estimate of drug-likeness (QED) is 0.537. The van der Waals surface area contributed by atoms with E-state index in [1.807, 2.05) is 36.4 Å². The van der Waals surface area contributed by atoms with Gasteiger partial charge in [0.2, 0.25) is 0 Å². The molecular formula is C24H24N2O4. The number of hydrogen-bond acceptors (Lipinski definition) is 4. The molecule has 0 aromatic heterocycles. The summed E-state index contributed by atoms with van der Waals surface area (Å²) < 4.78 is 5.68. The van der Waals surface area contributed by atoms with E-state index < -0.39 is 11.4 Å². The molecule has 1 aliphatic heterocycles. The van der Waals surface area contributed by atoms with E-state index in [2.05, 4.69) is 11.6 Å². The Kier molecular flexibility index (Phi) is 6.47. The van der Waals surface area contributed by atoms with Crippen LogP contribution in [0.4, 0.5) is 0 Å². The number of carbonyl (C=O) groups excluding carboxylic acids is 1. The molecule has 2 aromatic carbocycles. The van der Waals surface area contributed by atoms with Crippen LogP contribution < -0.4 is 0 Å². The van der Waals surface area contributed by atoms with Gasteiger partial charge < -0.3 is 14.7 Å². The Hall–Kier alpha value is -3.67. The van der Waals surface area contributed by atoms with Crippen molar-refractivity contribution in [3.05, 3.63) is 96.4 Å². The maximum atomic E-state index is 12.5. The molecule has 3 rings (SSSR count). The minimum Gasteiger partial charge on any atom is -0.495 e. The number of nitrogens with zero attached hydrogens (tertiary/aromatic N) is 2. The van der Waals surface area contributed by atoms with Gasteiger partial charge in [0, 0.05) is 24.2 Å². The molecule has 1 saturated heterocycles. The van der Waals surface area contributed by atoms with Crippen LogP contribution in [0.5, 0.6) is 0 Å². The van der Waals surface area contributed by atoms with Crippen LogP contribution >= 0.6 is 0 Å². The number of carboxylic acids is 1. The first-order valence-electron chi connectivity index (χ1n) is 9.58. The molecule has 0 atom stereocenters. The van der Waals surface area contributed by atoms with Crippen LogP contribution in [-0.4, -0.2) is 47.3 Å². The Morgan fingerprint density at radius 3 is 2.20 bits per heavy atom. The van der Waals surface area contributed by atoms with E-state index in [0.717, 1.165) is 5.56 Å². The Bertz CT molecular complexity index is 975. The Balaban J connectivity index is 1.62. The van der Waals surface area contributed by atoms with Crippen molar-refractivity contribution in [1.82, 2.24) is 4.90 Å².